The molecule has 1 aromatic carbocycles. The minimum absolute atomic E-state index is 0.111. The van der Waals surface area contributed by atoms with Crippen molar-refractivity contribution < 1.29 is 4.79 Å². The Balaban J connectivity index is 1.65. The molecule has 1 fully saturated rings. The van der Waals surface area contributed by atoms with E-state index in [2.05, 4.69) is 34.9 Å². The third-order valence-corrected chi connectivity index (χ3v) is 4.05. The van der Waals surface area contributed by atoms with Crippen LogP contribution in [0.2, 0.25) is 0 Å². The van der Waals surface area contributed by atoms with E-state index in [1.165, 1.54) is 24.8 Å². The smallest absolute Gasteiger partial charge is 0.237 e. The van der Waals surface area contributed by atoms with Gasteiger partial charge in [0.2, 0.25) is 5.91 Å². The fourth-order valence-corrected chi connectivity index (χ4v) is 2.74. The number of carbonyl (C=O) groups excluding carboxylic acids is 1. The second kappa shape index (κ2) is 8.05. The van der Waals surface area contributed by atoms with Crippen molar-refractivity contribution in [3.63, 3.8) is 0 Å². The van der Waals surface area contributed by atoms with Crippen LogP contribution in [0.25, 0.3) is 0 Å². The molecule has 0 saturated heterocycles. The summed E-state index contributed by atoms with van der Waals surface area (Å²) >= 11 is 0. The summed E-state index contributed by atoms with van der Waals surface area (Å²) < 4.78 is 0. The third-order valence-electron chi connectivity index (χ3n) is 4.05. The Kier molecular flexibility index (Phi) is 6.06. The summed E-state index contributed by atoms with van der Waals surface area (Å²) in [6.07, 6.45) is 7.06. The van der Waals surface area contributed by atoms with E-state index in [0.717, 1.165) is 25.8 Å². The summed E-state index contributed by atoms with van der Waals surface area (Å²) in [6.45, 7) is 2.78. The first-order valence-corrected chi connectivity index (χ1v) is 7.83. The molecule has 1 unspecified atom stereocenters. The van der Waals surface area contributed by atoms with E-state index in [1.807, 2.05) is 13.0 Å². The fraction of sp³-hybridized carbons (Fsp3) is 0.588. The van der Waals surface area contributed by atoms with Gasteiger partial charge in [-0.3, -0.25) is 4.79 Å². The predicted octanol–water partition coefficient (Wildman–Crippen LogP) is 2.66. The minimum atomic E-state index is -0.111. The maximum absolute atomic E-state index is 12.1. The van der Waals surface area contributed by atoms with Gasteiger partial charge in [-0.1, -0.05) is 49.6 Å². The van der Waals surface area contributed by atoms with Crippen molar-refractivity contribution in [3.05, 3.63) is 35.9 Å². The number of nitrogens with one attached hydrogen (secondary N) is 2. The van der Waals surface area contributed by atoms with Gasteiger partial charge in [0.25, 0.3) is 0 Å². The van der Waals surface area contributed by atoms with Crippen LogP contribution in [0.1, 0.15) is 44.6 Å². The average Bonchev–Trinajstić information content (AvgIpc) is 2.49. The van der Waals surface area contributed by atoms with Gasteiger partial charge in [0.1, 0.15) is 0 Å². The molecule has 1 aromatic rings. The van der Waals surface area contributed by atoms with Crippen LogP contribution in [-0.4, -0.2) is 24.5 Å². The molecular formula is C17H26N2O. The van der Waals surface area contributed by atoms with Crippen molar-refractivity contribution in [1.82, 2.24) is 10.6 Å². The highest BCUT2D eigenvalue weighted by atomic mass is 16.2. The summed E-state index contributed by atoms with van der Waals surface area (Å²) in [4.78, 5) is 12.1. The Morgan fingerprint density at radius 3 is 2.60 bits per heavy atom. The molecule has 0 heterocycles. The van der Waals surface area contributed by atoms with E-state index < -0.39 is 0 Å². The van der Waals surface area contributed by atoms with Gasteiger partial charge in [0.15, 0.2) is 0 Å². The Bertz CT molecular complexity index is 399. The molecule has 0 spiro atoms. The third kappa shape index (κ3) is 4.97. The molecule has 3 heteroatoms. The number of hydrogen-bond acceptors (Lipinski definition) is 2. The maximum atomic E-state index is 12.1. The molecule has 110 valence electrons. The lowest BCUT2D eigenvalue weighted by molar-refractivity contribution is -0.123. The normalized spacial score (nSPS) is 17.6. The molecule has 1 aliphatic rings. The lowest BCUT2D eigenvalue weighted by atomic mass is 9.95. The zero-order valence-corrected chi connectivity index (χ0v) is 12.4. The van der Waals surface area contributed by atoms with Gasteiger partial charge in [-0.05, 0) is 38.3 Å². The number of carbonyl (C=O) groups is 1. The highest BCUT2D eigenvalue weighted by molar-refractivity contribution is 5.81. The monoisotopic (exact) mass is 274 g/mol. The summed E-state index contributed by atoms with van der Waals surface area (Å²) in [5.74, 6) is 0.143. The Hall–Kier alpha value is -1.35. The Morgan fingerprint density at radius 1 is 1.20 bits per heavy atom. The van der Waals surface area contributed by atoms with E-state index in [0.29, 0.717) is 6.04 Å². The van der Waals surface area contributed by atoms with E-state index in [9.17, 15) is 4.79 Å². The predicted molar refractivity (Wildman–Crippen MR) is 82.6 cm³/mol. The first-order valence-electron chi connectivity index (χ1n) is 7.83. The standard InChI is InChI=1S/C17H26N2O/c1-14(17(20)19-16-10-6-3-7-11-16)18-13-12-15-8-4-2-5-9-15/h2,4-5,8-9,14,16,18H,3,6-7,10-13H2,1H3,(H,19,20). The van der Waals surface area contributed by atoms with E-state index in [1.54, 1.807) is 0 Å². The molecule has 0 aromatic heterocycles. The van der Waals surface area contributed by atoms with Gasteiger partial charge in [-0.15, -0.1) is 0 Å². The molecule has 20 heavy (non-hydrogen) atoms. The molecule has 0 bridgehead atoms. The lowest BCUT2D eigenvalue weighted by Crippen LogP contribution is -2.47. The van der Waals surface area contributed by atoms with Crippen molar-refractivity contribution in [2.75, 3.05) is 6.54 Å². The zero-order chi connectivity index (χ0) is 14.2. The first-order chi connectivity index (χ1) is 9.75. The Morgan fingerprint density at radius 2 is 1.90 bits per heavy atom. The SMILES string of the molecule is CC(NCCc1ccccc1)C(=O)NC1CCCCC1. The second-order valence-corrected chi connectivity index (χ2v) is 5.75. The fourth-order valence-electron chi connectivity index (χ4n) is 2.74. The van der Waals surface area contributed by atoms with Gasteiger partial charge in [-0.25, -0.2) is 0 Å². The van der Waals surface area contributed by atoms with Crippen LogP contribution >= 0.6 is 0 Å². The van der Waals surface area contributed by atoms with E-state index >= 15 is 0 Å². The summed E-state index contributed by atoms with van der Waals surface area (Å²) in [5.41, 5.74) is 1.31. The summed E-state index contributed by atoms with van der Waals surface area (Å²) in [7, 11) is 0. The molecular weight excluding hydrogens is 248 g/mol. The number of hydrogen-bond donors (Lipinski definition) is 2. The molecule has 1 aliphatic carbocycles. The second-order valence-electron chi connectivity index (χ2n) is 5.75. The van der Waals surface area contributed by atoms with Crippen LogP contribution in [-0.2, 0) is 11.2 Å². The van der Waals surface area contributed by atoms with Crippen molar-refractivity contribution in [1.29, 1.82) is 0 Å². The van der Waals surface area contributed by atoms with Crippen LogP contribution in [0.15, 0.2) is 30.3 Å². The number of rotatable bonds is 6. The lowest BCUT2D eigenvalue weighted by Gasteiger charge is -2.24. The quantitative estimate of drug-likeness (QED) is 0.837. The summed E-state index contributed by atoms with van der Waals surface area (Å²) in [6, 6.07) is 10.7. The average molecular weight is 274 g/mol. The Labute approximate surface area is 122 Å². The zero-order valence-electron chi connectivity index (χ0n) is 12.4. The van der Waals surface area contributed by atoms with Gasteiger partial charge in [0.05, 0.1) is 6.04 Å². The molecule has 0 aliphatic heterocycles. The van der Waals surface area contributed by atoms with Gasteiger partial charge < -0.3 is 10.6 Å². The maximum Gasteiger partial charge on any atom is 0.237 e. The van der Waals surface area contributed by atoms with Crippen molar-refractivity contribution in [3.8, 4) is 0 Å². The van der Waals surface area contributed by atoms with Gasteiger partial charge in [-0.2, -0.15) is 0 Å². The topological polar surface area (TPSA) is 41.1 Å². The van der Waals surface area contributed by atoms with Gasteiger partial charge in [0, 0.05) is 6.04 Å². The van der Waals surface area contributed by atoms with Gasteiger partial charge >= 0.3 is 0 Å². The number of benzene rings is 1. The molecule has 2 rings (SSSR count). The highest BCUT2D eigenvalue weighted by Crippen LogP contribution is 2.17. The molecule has 3 nitrogen and oxygen atoms in total. The van der Waals surface area contributed by atoms with Crippen molar-refractivity contribution >= 4 is 5.91 Å². The van der Waals surface area contributed by atoms with Crippen LogP contribution < -0.4 is 10.6 Å². The molecule has 1 atom stereocenters. The summed E-state index contributed by atoms with van der Waals surface area (Å²) in [5, 5.41) is 6.47. The van der Waals surface area contributed by atoms with Crippen molar-refractivity contribution in [2.45, 2.75) is 57.5 Å². The van der Waals surface area contributed by atoms with Crippen molar-refractivity contribution in [2.24, 2.45) is 0 Å². The van der Waals surface area contributed by atoms with Crippen LogP contribution in [0, 0.1) is 0 Å². The first kappa shape index (κ1) is 15.0. The van der Waals surface area contributed by atoms with E-state index in [-0.39, 0.29) is 11.9 Å². The van der Waals surface area contributed by atoms with Crippen LogP contribution in [0.5, 0.6) is 0 Å². The minimum Gasteiger partial charge on any atom is -0.352 e. The largest absolute Gasteiger partial charge is 0.352 e. The molecule has 1 amide bonds. The highest BCUT2D eigenvalue weighted by Gasteiger charge is 2.18. The van der Waals surface area contributed by atoms with E-state index in [4.69, 9.17) is 0 Å². The molecule has 2 N–H and O–H groups in total. The van der Waals surface area contributed by atoms with Crippen LogP contribution in [0.4, 0.5) is 0 Å². The molecule has 1 saturated carbocycles. The number of amides is 1. The molecule has 0 radical (unpaired) electrons. The van der Waals surface area contributed by atoms with Crippen LogP contribution in [0.3, 0.4) is 0 Å².